The van der Waals surface area contributed by atoms with Gasteiger partial charge in [0.15, 0.2) is 0 Å². The topological polar surface area (TPSA) is 56.4 Å². The fraction of sp³-hybridized carbons (Fsp3) is 0.318. The maximum atomic E-state index is 12.0. The Labute approximate surface area is 163 Å². The van der Waals surface area contributed by atoms with Gasteiger partial charge in [0, 0.05) is 34.8 Å². The quantitative estimate of drug-likeness (QED) is 0.682. The van der Waals surface area contributed by atoms with Gasteiger partial charge < -0.3 is 23.7 Å². The Kier molecular flexibility index (Phi) is 5.21. The number of fused-ring (bicyclic) bond motifs is 1. The van der Waals surface area contributed by atoms with Crippen LogP contribution in [0.2, 0.25) is 0 Å². The van der Waals surface area contributed by atoms with Crippen molar-refractivity contribution in [2.24, 2.45) is 0 Å². The smallest absolute Gasteiger partial charge is 0.336 e. The number of methoxy groups -OCH3 is 2. The molecule has 28 heavy (non-hydrogen) atoms. The van der Waals surface area contributed by atoms with Gasteiger partial charge in [0.25, 0.3) is 0 Å². The lowest BCUT2D eigenvalue weighted by Crippen LogP contribution is -3.13. The van der Waals surface area contributed by atoms with E-state index in [1.165, 1.54) is 10.6 Å². The van der Waals surface area contributed by atoms with E-state index in [0.717, 1.165) is 49.4 Å². The van der Waals surface area contributed by atoms with Crippen LogP contribution in [-0.2, 0) is 6.54 Å². The first-order valence-corrected chi connectivity index (χ1v) is 9.49. The van der Waals surface area contributed by atoms with Crippen LogP contribution in [0.15, 0.2) is 57.7 Å². The van der Waals surface area contributed by atoms with Gasteiger partial charge in [-0.1, -0.05) is 6.07 Å². The van der Waals surface area contributed by atoms with E-state index in [1.54, 1.807) is 26.4 Å². The summed E-state index contributed by atoms with van der Waals surface area (Å²) in [5, 5.41) is 0.975. The van der Waals surface area contributed by atoms with Crippen LogP contribution in [0.5, 0.6) is 11.5 Å². The molecule has 2 aromatic carbocycles. The summed E-state index contributed by atoms with van der Waals surface area (Å²) in [6, 6.07) is 15.5. The number of ether oxygens (including phenoxy) is 2. The first-order valence-electron chi connectivity index (χ1n) is 9.49. The molecule has 0 saturated carbocycles. The van der Waals surface area contributed by atoms with Crippen LogP contribution in [0, 0.1) is 0 Å². The molecule has 0 unspecified atom stereocenters. The molecular formula is C22H25N2O4+. The molecule has 0 spiro atoms. The summed E-state index contributed by atoms with van der Waals surface area (Å²) in [5.74, 6) is 1.57. The van der Waals surface area contributed by atoms with Gasteiger partial charge in [0.2, 0.25) is 0 Å². The fourth-order valence-electron chi connectivity index (χ4n) is 3.82. The SMILES string of the molecule is COc1cccc(N2CC[NH+](Cc3cc(=O)oc4cc(OC)ccc34)CC2)c1. The Bertz CT molecular complexity index is 1020. The average molecular weight is 381 g/mol. The molecule has 6 heteroatoms. The van der Waals surface area contributed by atoms with Crippen molar-refractivity contribution in [2.75, 3.05) is 45.3 Å². The number of rotatable bonds is 5. The van der Waals surface area contributed by atoms with E-state index >= 15 is 0 Å². The summed E-state index contributed by atoms with van der Waals surface area (Å²) in [7, 11) is 3.30. The molecule has 1 aliphatic heterocycles. The minimum absolute atomic E-state index is 0.315. The van der Waals surface area contributed by atoms with Gasteiger partial charge in [-0.3, -0.25) is 0 Å². The van der Waals surface area contributed by atoms with Crippen LogP contribution in [0.1, 0.15) is 5.56 Å². The lowest BCUT2D eigenvalue weighted by Gasteiger charge is -2.33. The summed E-state index contributed by atoms with van der Waals surface area (Å²) in [6.45, 7) is 4.76. The molecule has 1 N–H and O–H groups in total. The molecule has 0 amide bonds. The van der Waals surface area contributed by atoms with Gasteiger partial charge >= 0.3 is 5.63 Å². The predicted octanol–water partition coefficient (Wildman–Crippen LogP) is 1.72. The largest absolute Gasteiger partial charge is 0.497 e. The zero-order valence-corrected chi connectivity index (χ0v) is 16.2. The third-order valence-electron chi connectivity index (χ3n) is 5.37. The lowest BCUT2D eigenvalue weighted by molar-refractivity contribution is -0.914. The van der Waals surface area contributed by atoms with E-state index in [1.807, 2.05) is 24.3 Å². The van der Waals surface area contributed by atoms with Crippen LogP contribution in [0.25, 0.3) is 11.0 Å². The van der Waals surface area contributed by atoms with E-state index in [4.69, 9.17) is 13.9 Å². The molecule has 0 atom stereocenters. The van der Waals surface area contributed by atoms with Crippen molar-refractivity contribution in [1.29, 1.82) is 0 Å². The molecule has 4 rings (SSSR count). The summed E-state index contributed by atoms with van der Waals surface area (Å²) >= 11 is 0. The van der Waals surface area contributed by atoms with Crippen LogP contribution in [0.3, 0.4) is 0 Å². The van der Waals surface area contributed by atoms with Crippen LogP contribution in [0.4, 0.5) is 5.69 Å². The van der Waals surface area contributed by atoms with Crippen LogP contribution >= 0.6 is 0 Å². The van der Waals surface area contributed by atoms with Crippen molar-refractivity contribution in [1.82, 2.24) is 0 Å². The van der Waals surface area contributed by atoms with Crippen molar-refractivity contribution in [3.8, 4) is 11.5 Å². The highest BCUT2D eigenvalue weighted by Crippen LogP contribution is 2.23. The number of hydrogen-bond donors (Lipinski definition) is 1. The van der Waals surface area contributed by atoms with Gasteiger partial charge in [-0.05, 0) is 24.3 Å². The molecule has 3 aromatic rings. The zero-order valence-electron chi connectivity index (χ0n) is 16.2. The molecule has 0 radical (unpaired) electrons. The molecule has 0 aliphatic carbocycles. The van der Waals surface area contributed by atoms with Crippen molar-refractivity contribution in [3.05, 3.63) is 64.5 Å². The van der Waals surface area contributed by atoms with E-state index in [9.17, 15) is 4.79 Å². The molecular weight excluding hydrogens is 356 g/mol. The van der Waals surface area contributed by atoms with Crippen LogP contribution < -0.4 is 24.9 Å². The Morgan fingerprint density at radius 1 is 1.00 bits per heavy atom. The first-order chi connectivity index (χ1) is 13.7. The molecule has 1 aromatic heterocycles. The summed E-state index contributed by atoms with van der Waals surface area (Å²) in [6.07, 6.45) is 0. The third kappa shape index (κ3) is 3.82. The maximum Gasteiger partial charge on any atom is 0.336 e. The molecule has 2 heterocycles. The van der Waals surface area contributed by atoms with Crippen molar-refractivity contribution in [3.63, 3.8) is 0 Å². The van der Waals surface area contributed by atoms with E-state index in [-0.39, 0.29) is 5.63 Å². The number of nitrogens with zero attached hydrogens (tertiary/aromatic N) is 1. The minimum atomic E-state index is -0.315. The summed E-state index contributed by atoms with van der Waals surface area (Å²) in [4.78, 5) is 15.8. The average Bonchev–Trinajstić information content (AvgIpc) is 2.73. The van der Waals surface area contributed by atoms with Gasteiger partial charge in [-0.25, -0.2) is 4.79 Å². The molecule has 1 fully saturated rings. The van der Waals surface area contributed by atoms with E-state index in [0.29, 0.717) is 11.3 Å². The number of quaternary nitrogens is 1. The standard InChI is InChI=1S/C22H24N2O4/c1-26-18-5-3-4-17(13-18)24-10-8-23(9-11-24)15-16-12-22(25)28-21-14-19(27-2)6-7-20(16)21/h3-7,12-14H,8-11,15H2,1-2H3/p+1. The Morgan fingerprint density at radius 3 is 2.50 bits per heavy atom. The number of nitrogens with one attached hydrogen (secondary N) is 1. The highest BCUT2D eigenvalue weighted by atomic mass is 16.5. The number of hydrogen-bond acceptors (Lipinski definition) is 5. The number of piperazine rings is 1. The molecule has 0 bridgehead atoms. The van der Waals surface area contributed by atoms with Gasteiger partial charge in [0.05, 0.1) is 40.4 Å². The molecule has 1 saturated heterocycles. The number of benzene rings is 2. The van der Waals surface area contributed by atoms with Gasteiger partial charge in [0.1, 0.15) is 23.6 Å². The lowest BCUT2D eigenvalue weighted by atomic mass is 10.1. The van der Waals surface area contributed by atoms with E-state index < -0.39 is 0 Å². The fourth-order valence-corrected chi connectivity index (χ4v) is 3.82. The highest BCUT2D eigenvalue weighted by molar-refractivity contribution is 5.81. The van der Waals surface area contributed by atoms with Gasteiger partial charge in [-0.2, -0.15) is 0 Å². The van der Waals surface area contributed by atoms with Crippen molar-refractivity contribution in [2.45, 2.75) is 6.54 Å². The second kappa shape index (κ2) is 7.94. The molecule has 6 nitrogen and oxygen atoms in total. The normalized spacial score (nSPS) is 15.0. The second-order valence-corrected chi connectivity index (χ2v) is 7.07. The zero-order chi connectivity index (χ0) is 19.5. The Hall–Kier alpha value is -2.99. The number of anilines is 1. The third-order valence-corrected chi connectivity index (χ3v) is 5.37. The highest BCUT2D eigenvalue weighted by Gasteiger charge is 2.22. The monoisotopic (exact) mass is 381 g/mol. The van der Waals surface area contributed by atoms with Gasteiger partial charge in [-0.15, -0.1) is 0 Å². The maximum absolute atomic E-state index is 12.0. The van der Waals surface area contributed by atoms with E-state index in [2.05, 4.69) is 17.0 Å². The second-order valence-electron chi connectivity index (χ2n) is 7.07. The van der Waals surface area contributed by atoms with Crippen molar-refractivity contribution < 1.29 is 18.8 Å². The summed E-state index contributed by atoms with van der Waals surface area (Å²) in [5.41, 5.74) is 2.48. The summed E-state index contributed by atoms with van der Waals surface area (Å²) < 4.78 is 15.9. The van der Waals surface area contributed by atoms with Crippen LogP contribution in [-0.4, -0.2) is 40.4 Å². The minimum Gasteiger partial charge on any atom is -0.497 e. The van der Waals surface area contributed by atoms with Crippen molar-refractivity contribution >= 4 is 16.7 Å². The molecule has 1 aliphatic rings. The predicted molar refractivity (Wildman–Crippen MR) is 109 cm³/mol. The Balaban J connectivity index is 1.48. The Morgan fingerprint density at radius 2 is 1.75 bits per heavy atom. The first kappa shape index (κ1) is 18.4. The molecule has 146 valence electrons.